The number of fused-ring (bicyclic) bond motifs is 1. The van der Waals surface area contributed by atoms with E-state index in [-0.39, 0.29) is 5.43 Å². The Hall–Kier alpha value is -2.09. The van der Waals surface area contributed by atoms with Crippen LogP contribution in [0.15, 0.2) is 36.2 Å². The summed E-state index contributed by atoms with van der Waals surface area (Å²) in [6.45, 7) is 19.4. The molecule has 0 fully saturated rings. The molecule has 1 heterocycles. The maximum absolute atomic E-state index is 12.3. The van der Waals surface area contributed by atoms with Gasteiger partial charge in [0.25, 0.3) is 0 Å². The van der Waals surface area contributed by atoms with Crippen molar-refractivity contribution in [2.24, 2.45) is 0 Å². The zero-order chi connectivity index (χ0) is 16.6. The average molecular weight is 285 g/mol. The molecule has 0 radical (unpaired) electrons. The molecule has 0 spiro atoms. The van der Waals surface area contributed by atoms with E-state index in [0.29, 0.717) is 10.9 Å². The van der Waals surface area contributed by atoms with Gasteiger partial charge in [-0.05, 0) is 31.6 Å². The number of allylic oxidation sites excluding steroid dienone is 1. The number of pyridine rings is 1. The minimum absolute atomic E-state index is 0.00968. The van der Waals surface area contributed by atoms with E-state index in [9.17, 15) is 4.79 Å². The van der Waals surface area contributed by atoms with Crippen molar-refractivity contribution < 1.29 is 0 Å². The van der Waals surface area contributed by atoms with Crippen molar-refractivity contribution in [3.05, 3.63) is 58.4 Å². The van der Waals surface area contributed by atoms with E-state index in [1.165, 1.54) is 0 Å². The Balaban J connectivity index is 0.000000921. The SMILES string of the molecule is C=Cc1c(C(=C)C)[nH]c2ccc(C)cc2c1=O.CC.CC. The number of hydrogen-bond donors (Lipinski definition) is 1. The summed E-state index contributed by atoms with van der Waals surface area (Å²) in [4.78, 5) is 15.5. The Morgan fingerprint density at radius 1 is 1.19 bits per heavy atom. The maximum Gasteiger partial charge on any atom is 0.197 e. The highest BCUT2D eigenvalue weighted by atomic mass is 16.1. The number of rotatable bonds is 2. The van der Waals surface area contributed by atoms with Crippen LogP contribution in [0, 0.1) is 6.92 Å². The molecule has 0 aliphatic carbocycles. The van der Waals surface area contributed by atoms with Crippen LogP contribution in [0.3, 0.4) is 0 Å². The largest absolute Gasteiger partial charge is 0.354 e. The summed E-state index contributed by atoms with van der Waals surface area (Å²) in [6, 6.07) is 5.79. The van der Waals surface area contributed by atoms with Crippen molar-refractivity contribution in [1.82, 2.24) is 4.98 Å². The zero-order valence-electron chi connectivity index (χ0n) is 14.1. The molecule has 0 unspecified atom stereocenters. The summed E-state index contributed by atoms with van der Waals surface area (Å²) in [6.07, 6.45) is 1.59. The summed E-state index contributed by atoms with van der Waals surface area (Å²) in [5.41, 5.74) is 4.11. The lowest BCUT2D eigenvalue weighted by atomic mass is 10.0. The molecule has 1 N–H and O–H groups in total. The van der Waals surface area contributed by atoms with E-state index < -0.39 is 0 Å². The molecule has 2 heteroatoms. The molecule has 0 amide bonds. The van der Waals surface area contributed by atoms with E-state index in [1.807, 2.05) is 59.7 Å². The Morgan fingerprint density at radius 2 is 1.76 bits per heavy atom. The first-order chi connectivity index (χ1) is 10.0. The molecule has 114 valence electrons. The zero-order valence-corrected chi connectivity index (χ0v) is 14.1. The molecule has 0 atom stereocenters. The third kappa shape index (κ3) is 4.19. The number of hydrogen-bond acceptors (Lipinski definition) is 1. The lowest BCUT2D eigenvalue weighted by Crippen LogP contribution is -2.10. The molecular weight excluding hydrogens is 258 g/mol. The Morgan fingerprint density at radius 3 is 2.24 bits per heavy atom. The molecule has 21 heavy (non-hydrogen) atoms. The van der Waals surface area contributed by atoms with Crippen LogP contribution >= 0.6 is 0 Å². The second kappa shape index (κ2) is 8.96. The minimum atomic E-state index is 0.00968. The van der Waals surface area contributed by atoms with Crippen LogP contribution < -0.4 is 5.43 Å². The Bertz CT molecular complexity index is 678. The van der Waals surface area contributed by atoms with Crippen molar-refractivity contribution in [2.45, 2.75) is 41.5 Å². The van der Waals surface area contributed by atoms with Gasteiger partial charge in [-0.25, -0.2) is 0 Å². The van der Waals surface area contributed by atoms with E-state index in [1.54, 1.807) is 6.08 Å². The first-order valence-corrected chi connectivity index (χ1v) is 7.49. The van der Waals surface area contributed by atoms with Gasteiger partial charge < -0.3 is 4.98 Å². The predicted molar refractivity (Wildman–Crippen MR) is 96.8 cm³/mol. The summed E-state index contributed by atoms with van der Waals surface area (Å²) in [5.74, 6) is 0. The second-order valence-electron chi connectivity index (χ2n) is 4.28. The van der Waals surface area contributed by atoms with Crippen LogP contribution in [-0.4, -0.2) is 4.98 Å². The molecule has 2 aromatic rings. The summed E-state index contributed by atoms with van der Waals surface area (Å²) in [7, 11) is 0. The van der Waals surface area contributed by atoms with Crippen molar-refractivity contribution in [3.8, 4) is 0 Å². The lowest BCUT2D eigenvalue weighted by Gasteiger charge is -2.08. The number of H-pyrrole nitrogens is 1. The van der Waals surface area contributed by atoms with Gasteiger partial charge in [-0.15, -0.1) is 0 Å². The highest BCUT2D eigenvalue weighted by Crippen LogP contribution is 2.18. The van der Waals surface area contributed by atoms with Gasteiger partial charge >= 0.3 is 0 Å². The smallest absolute Gasteiger partial charge is 0.197 e. The van der Waals surface area contributed by atoms with Crippen LogP contribution in [-0.2, 0) is 0 Å². The topological polar surface area (TPSA) is 32.9 Å². The molecule has 0 aliphatic heterocycles. The van der Waals surface area contributed by atoms with Gasteiger partial charge in [-0.3, -0.25) is 4.79 Å². The Kier molecular flexibility index (Phi) is 8.07. The predicted octanol–water partition coefficient (Wildman–Crippen LogP) is 5.57. The first-order valence-electron chi connectivity index (χ1n) is 7.49. The van der Waals surface area contributed by atoms with Gasteiger partial charge in [0, 0.05) is 16.5 Å². The highest BCUT2D eigenvalue weighted by Gasteiger charge is 2.09. The molecule has 0 saturated carbocycles. The fraction of sp³-hybridized carbons (Fsp3) is 0.316. The number of aromatic nitrogens is 1. The van der Waals surface area contributed by atoms with Gasteiger partial charge in [0.15, 0.2) is 5.43 Å². The number of benzene rings is 1. The third-order valence-electron chi connectivity index (χ3n) is 2.82. The van der Waals surface area contributed by atoms with Gasteiger partial charge in [0.05, 0.1) is 5.69 Å². The number of aryl methyl sites for hydroxylation is 1. The summed E-state index contributed by atoms with van der Waals surface area (Å²) in [5, 5.41) is 0.699. The number of aromatic amines is 1. The van der Waals surface area contributed by atoms with Gasteiger partial charge in [0.2, 0.25) is 0 Å². The minimum Gasteiger partial charge on any atom is -0.354 e. The summed E-state index contributed by atoms with van der Waals surface area (Å²) >= 11 is 0. The molecule has 0 saturated heterocycles. The van der Waals surface area contributed by atoms with E-state index >= 15 is 0 Å². The van der Waals surface area contributed by atoms with Gasteiger partial charge in [-0.1, -0.05) is 58.6 Å². The molecule has 2 rings (SSSR count). The van der Waals surface area contributed by atoms with Crippen LogP contribution in [0.1, 0.15) is 51.4 Å². The average Bonchev–Trinajstić information content (AvgIpc) is 2.51. The fourth-order valence-electron chi connectivity index (χ4n) is 1.95. The van der Waals surface area contributed by atoms with Gasteiger partial charge in [0.1, 0.15) is 0 Å². The molecule has 1 aromatic heterocycles. The van der Waals surface area contributed by atoms with Crippen LogP contribution in [0.4, 0.5) is 0 Å². The molecule has 1 aromatic carbocycles. The van der Waals surface area contributed by atoms with Crippen molar-refractivity contribution in [2.75, 3.05) is 0 Å². The fourth-order valence-corrected chi connectivity index (χ4v) is 1.95. The van der Waals surface area contributed by atoms with Crippen molar-refractivity contribution in [3.63, 3.8) is 0 Å². The highest BCUT2D eigenvalue weighted by molar-refractivity contribution is 5.85. The van der Waals surface area contributed by atoms with Gasteiger partial charge in [-0.2, -0.15) is 0 Å². The monoisotopic (exact) mass is 285 g/mol. The van der Waals surface area contributed by atoms with E-state index in [4.69, 9.17) is 0 Å². The maximum atomic E-state index is 12.3. The molecular formula is C19H27NO. The molecule has 0 aliphatic rings. The molecule has 2 nitrogen and oxygen atoms in total. The standard InChI is InChI=1S/C15H15NO.2C2H6/c1-5-11-14(9(2)3)16-13-7-6-10(4)8-12(13)15(11)17;2*1-2/h5-8H,1-2H2,3-4H3,(H,16,17);2*1-2H3. The van der Waals surface area contributed by atoms with E-state index in [2.05, 4.69) is 18.1 Å². The first kappa shape index (κ1) is 18.9. The van der Waals surface area contributed by atoms with Crippen LogP contribution in [0.5, 0.6) is 0 Å². The quantitative estimate of drug-likeness (QED) is 0.769. The Labute approximate surface area is 128 Å². The van der Waals surface area contributed by atoms with Crippen LogP contribution in [0.25, 0.3) is 22.6 Å². The second-order valence-corrected chi connectivity index (χ2v) is 4.28. The molecule has 0 bridgehead atoms. The summed E-state index contributed by atoms with van der Waals surface area (Å²) < 4.78 is 0. The third-order valence-corrected chi connectivity index (χ3v) is 2.82. The number of nitrogens with one attached hydrogen (secondary N) is 1. The normalized spacial score (nSPS) is 9.05. The van der Waals surface area contributed by atoms with E-state index in [0.717, 1.165) is 22.3 Å². The lowest BCUT2D eigenvalue weighted by molar-refractivity contribution is 1.30. The van der Waals surface area contributed by atoms with Crippen LogP contribution in [0.2, 0.25) is 0 Å². The van der Waals surface area contributed by atoms with Crippen molar-refractivity contribution in [1.29, 1.82) is 0 Å². The van der Waals surface area contributed by atoms with Crippen molar-refractivity contribution >= 4 is 22.6 Å².